The third kappa shape index (κ3) is 2.24. The summed E-state index contributed by atoms with van der Waals surface area (Å²) in [5, 5.41) is 14.0. The molecule has 0 bridgehead atoms. The molecule has 0 atom stereocenters. The molecule has 5 heteroatoms. The molecule has 0 aliphatic carbocycles. The van der Waals surface area contributed by atoms with Gasteiger partial charge in [-0.1, -0.05) is 0 Å². The molecule has 1 amide bonds. The van der Waals surface area contributed by atoms with E-state index in [4.69, 9.17) is 5.26 Å². The molecule has 0 unspecified atom stereocenters. The smallest absolute Gasteiger partial charge is 0.256 e. The summed E-state index contributed by atoms with van der Waals surface area (Å²) in [5.74, 6) is -0.235. The Morgan fingerprint density at radius 2 is 2.38 bits per heavy atom. The van der Waals surface area contributed by atoms with E-state index >= 15 is 0 Å². The van der Waals surface area contributed by atoms with Crippen molar-refractivity contribution in [2.45, 2.75) is 0 Å². The van der Waals surface area contributed by atoms with Crippen molar-refractivity contribution in [1.82, 2.24) is 4.98 Å². The molecule has 0 aromatic carbocycles. The topological polar surface area (TPSA) is 65.8 Å². The van der Waals surface area contributed by atoms with Crippen LogP contribution in [0.15, 0.2) is 35.8 Å². The highest BCUT2D eigenvalue weighted by atomic mass is 32.1. The molecule has 0 saturated carbocycles. The molecule has 0 spiro atoms. The van der Waals surface area contributed by atoms with Crippen LogP contribution in [0.25, 0.3) is 0 Å². The normalized spacial score (nSPS) is 9.44. The Labute approximate surface area is 96.2 Å². The van der Waals surface area contributed by atoms with Gasteiger partial charge in [0.25, 0.3) is 5.91 Å². The first-order valence-electron chi connectivity index (χ1n) is 4.50. The Balaban J connectivity index is 2.18. The number of carbonyl (C=O) groups is 1. The predicted molar refractivity (Wildman–Crippen MR) is 61.2 cm³/mol. The highest BCUT2D eigenvalue weighted by Gasteiger charge is 2.07. The second-order valence-corrected chi connectivity index (χ2v) is 3.92. The van der Waals surface area contributed by atoms with Crippen LogP contribution in [0.5, 0.6) is 0 Å². The molecule has 0 fully saturated rings. The molecule has 16 heavy (non-hydrogen) atoms. The lowest BCUT2D eigenvalue weighted by atomic mass is 10.2. The third-order valence-corrected chi connectivity index (χ3v) is 2.68. The summed E-state index contributed by atoms with van der Waals surface area (Å²) in [7, 11) is 0. The minimum Gasteiger partial charge on any atom is -0.314 e. The average molecular weight is 229 g/mol. The number of hydrogen-bond acceptors (Lipinski definition) is 4. The van der Waals surface area contributed by atoms with E-state index in [0.29, 0.717) is 5.56 Å². The van der Waals surface area contributed by atoms with Crippen molar-refractivity contribution in [2.24, 2.45) is 0 Å². The van der Waals surface area contributed by atoms with E-state index in [-0.39, 0.29) is 11.6 Å². The van der Waals surface area contributed by atoms with Crippen LogP contribution in [-0.4, -0.2) is 10.9 Å². The van der Waals surface area contributed by atoms with E-state index in [2.05, 4.69) is 10.3 Å². The van der Waals surface area contributed by atoms with Crippen LogP contribution in [0.2, 0.25) is 0 Å². The highest BCUT2D eigenvalue weighted by Crippen LogP contribution is 2.16. The lowest BCUT2D eigenvalue weighted by Crippen LogP contribution is -2.11. The van der Waals surface area contributed by atoms with Crippen LogP contribution in [-0.2, 0) is 0 Å². The monoisotopic (exact) mass is 229 g/mol. The van der Waals surface area contributed by atoms with Crippen molar-refractivity contribution in [3.05, 3.63) is 47.1 Å². The van der Waals surface area contributed by atoms with Crippen LogP contribution in [0.1, 0.15) is 16.1 Å². The second-order valence-electron chi connectivity index (χ2n) is 2.97. The standard InChI is InChI=1S/C11H7N3OS/c12-7-9-6-8(3-4-13-9)11(15)14-10-2-1-5-16-10/h1-6H,(H,14,15). The summed E-state index contributed by atoms with van der Waals surface area (Å²) in [4.78, 5) is 15.5. The van der Waals surface area contributed by atoms with Crippen molar-refractivity contribution in [1.29, 1.82) is 5.26 Å². The van der Waals surface area contributed by atoms with Gasteiger partial charge in [-0.3, -0.25) is 4.79 Å². The largest absolute Gasteiger partial charge is 0.314 e. The fourth-order valence-electron chi connectivity index (χ4n) is 1.17. The van der Waals surface area contributed by atoms with Gasteiger partial charge in [-0.25, -0.2) is 4.98 Å². The predicted octanol–water partition coefficient (Wildman–Crippen LogP) is 2.27. The molecule has 0 aliphatic heterocycles. The number of amides is 1. The zero-order valence-electron chi connectivity index (χ0n) is 8.18. The minimum atomic E-state index is -0.235. The first-order chi connectivity index (χ1) is 7.79. The van der Waals surface area contributed by atoms with Gasteiger partial charge in [0.1, 0.15) is 11.8 Å². The number of anilines is 1. The van der Waals surface area contributed by atoms with E-state index in [1.807, 2.05) is 23.6 Å². The number of thiophene rings is 1. The van der Waals surface area contributed by atoms with Crippen molar-refractivity contribution in [2.75, 3.05) is 5.32 Å². The van der Waals surface area contributed by atoms with Crippen LogP contribution in [0.4, 0.5) is 5.00 Å². The molecule has 1 N–H and O–H groups in total. The zero-order chi connectivity index (χ0) is 11.4. The highest BCUT2D eigenvalue weighted by molar-refractivity contribution is 7.14. The molecular formula is C11H7N3OS. The number of aromatic nitrogens is 1. The van der Waals surface area contributed by atoms with Gasteiger partial charge in [0.15, 0.2) is 0 Å². The maximum Gasteiger partial charge on any atom is 0.256 e. The number of rotatable bonds is 2. The number of carbonyl (C=O) groups excluding carboxylic acids is 1. The second kappa shape index (κ2) is 4.55. The SMILES string of the molecule is N#Cc1cc(C(=O)Nc2cccs2)ccn1. The van der Waals surface area contributed by atoms with E-state index < -0.39 is 0 Å². The summed E-state index contributed by atoms with van der Waals surface area (Å²) in [5.41, 5.74) is 0.666. The van der Waals surface area contributed by atoms with Gasteiger partial charge in [-0.15, -0.1) is 11.3 Å². The number of nitrogens with one attached hydrogen (secondary N) is 1. The quantitative estimate of drug-likeness (QED) is 0.859. The Morgan fingerprint density at radius 3 is 3.06 bits per heavy atom. The molecule has 0 aliphatic rings. The number of nitrogens with zero attached hydrogens (tertiary/aromatic N) is 2. The van der Waals surface area contributed by atoms with Crippen LogP contribution < -0.4 is 5.32 Å². The van der Waals surface area contributed by atoms with Crippen molar-refractivity contribution in [3.63, 3.8) is 0 Å². The van der Waals surface area contributed by atoms with Gasteiger partial charge in [0.2, 0.25) is 0 Å². The summed E-state index contributed by atoms with van der Waals surface area (Å²) >= 11 is 1.44. The lowest BCUT2D eigenvalue weighted by molar-refractivity contribution is 0.102. The molecule has 0 radical (unpaired) electrons. The maximum absolute atomic E-state index is 11.7. The Morgan fingerprint density at radius 1 is 1.50 bits per heavy atom. The van der Waals surface area contributed by atoms with Crippen molar-refractivity contribution in [3.8, 4) is 6.07 Å². The van der Waals surface area contributed by atoms with Gasteiger partial charge in [-0.2, -0.15) is 5.26 Å². The fourth-order valence-corrected chi connectivity index (χ4v) is 1.78. The number of nitriles is 1. The van der Waals surface area contributed by atoms with E-state index in [1.54, 1.807) is 6.07 Å². The van der Waals surface area contributed by atoms with Gasteiger partial charge >= 0.3 is 0 Å². The molecule has 2 aromatic heterocycles. The van der Waals surface area contributed by atoms with E-state index in [9.17, 15) is 4.79 Å². The molecular weight excluding hydrogens is 222 g/mol. The molecule has 2 aromatic rings. The maximum atomic E-state index is 11.7. The molecule has 4 nitrogen and oxygen atoms in total. The van der Waals surface area contributed by atoms with Crippen LogP contribution in [0.3, 0.4) is 0 Å². The number of pyridine rings is 1. The first-order valence-corrected chi connectivity index (χ1v) is 5.38. The van der Waals surface area contributed by atoms with Crippen molar-refractivity contribution >= 4 is 22.2 Å². The minimum absolute atomic E-state index is 0.235. The Bertz CT molecular complexity index is 543. The average Bonchev–Trinajstić information content (AvgIpc) is 2.82. The summed E-state index contributed by atoms with van der Waals surface area (Å²) in [6.45, 7) is 0. The summed E-state index contributed by atoms with van der Waals surface area (Å²) < 4.78 is 0. The van der Waals surface area contributed by atoms with Crippen LogP contribution in [0, 0.1) is 11.3 Å². The zero-order valence-corrected chi connectivity index (χ0v) is 8.99. The van der Waals surface area contributed by atoms with Gasteiger partial charge in [0.05, 0.1) is 5.00 Å². The van der Waals surface area contributed by atoms with Gasteiger partial charge in [0, 0.05) is 11.8 Å². The summed E-state index contributed by atoms with van der Waals surface area (Å²) in [6.07, 6.45) is 1.45. The van der Waals surface area contributed by atoms with E-state index in [1.165, 1.54) is 23.6 Å². The Hall–Kier alpha value is -2.19. The van der Waals surface area contributed by atoms with Crippen molar-refractivity contribution < 1.29 is 4.79 Å². The molecule has 0 saturated heterocycles. The molecule has 78 valence electrons. The van der Waals surface area contributed by atoms with Gasteiger partial charge in [-0.05, 0) is 29.6 Å². The Kier molecular flexibility index (Phi) is 2.94. The van der Waals surface area contributed by atoms with E-state index in [0.717, 1.165) is 5.00 Å². The van der Waals surface area contributed by atoms with Crippen LogP contribution >= 0.6 is 11.3 Å². The third-order valence-electron chi connectivity index (χ3n) is 1.89. The van der Waals surface area contributed by atoms with Gasteiger partial charge < -0.3 is 5.32 Å². The molecule has 2 rings (SSSR count). The summed E-state index contributed by atoms with van der Waals surface area (Å²) in [6, 6.07) is 8.60. The first kappa shape index (κ1) is 10.3. The fraction of sp³-hybridized carbons (Fsp3) is 0. The lowest BCUT2D eigenvalue weighted by Gasteiger charge is -2.01. The molecule has 2 heterocycles. The number of hydrogen-bond donors (Lipinski definition) is 1.